The van der Waals surface area contributed by atoms with Crippen LogP contribution in [0.15, 0.2) is 11.4 Å². The molecule has 14 heavy (non-hydrogen) atoms. The van der Waals surface area contributed by atoms with Crippen LogP contribution in [0.1, 0.15) is 16.2 Å². The molecule has 0 unspecified atom stereocenters. The fraction of sp³-hybridized carbons (Fsp3) is 0.143. The molecule has 6 nitrogen and oxygen atoms in total. The van der Waals surface area contributed by atoms with Gasteiger partial charge >= 0.3 is 0 Å². The zero-order valence-corrected chi connectivity index (χ0v) is 8.13. The third kappa shape index (κ3) is 1.77. The van der Waals surface area contributed by atoms with Gasteiger partial charge in [0.15, 0.2) is 11.5 Å². The minimum Gasteiger partial charge on any atom is -0.304 e. The van der Waals surface area contributed by atoms with E-state index in [4.69, 9.17) is 0 Å². The molecule has 7 heteroatoms. The molecule has 2 rings (SSSR count). The second kappa shape index (κ2) is 3.54. The maximum Gasteiger partial charge on any atom is 0.278 e. The van der Waals surface area contributed by atoms with Crippen molar-refractivity contribution in [1.29, 1.82) is 0 Å². The highest BCUT2D eigenvalue weighted by molar-refractivity contribution is 7.03. The molecule has 0 aliphatic rings. The Labute approximate surface area is 83.5 Å². The van der Waals surface area contributed by atoms with Crippen LogP contribution in [0.4, 0.5) is 5.82 Å². The molecule has 2 aromatic rings. The van der Waals surface area contributed by atoms with E-state index >= 15 is 0 Å². The molecule has 0 fully saturated rings. The largest absolute Gasteiger partial charge is 0.304 e. The first-order chi connectivity index (χ1) is 6.75. The molecule has 0 aromatic carbocycles. The Morgan fingerprint density at radius 1 is 1.64 bits per heavy atom. The number of hydrogen-bond acceptors (Lipinski definition) is 5. The van der Waals surface area contributed by atoms with E-state index in [-0.39, 0.29) is 5.91 Å². The number of carbonyl (C=O) groups is 1. The third-order valence-electron chi connectivity index (χ3n) is 1.54. The monoisotopic (exact) mass is 209 g/mol. The molecule has 0 aliphatic heterocycles. The van der Waals surface area contributed by atoms with E-state index in [0.29, 0.717) is 11.5 Å². The van der Waals surface area contributed by atoms with Gasteiger partial charge in [-0.3, -0.25) is 9.89 Å². The van der Waals surface area contributed by atoms with Crippen LogP contribution in [0.5, 0.6) is 0 Å². The minimum atomic E-state index is -0.301. The first-order valence-electron chi connectivity index (χ1n) is 3.86. The Balaban J connectivity index is 2.09. The van der Waals surface area contributed by atoms with E-state index in [0.717, 1.165) is 17.2 Å². The topological polar surface area (TPSA) is 83.6 Å². The lowest BCUT2D eigenvalue weighted by molar-refractivity contribution is 0.102. The Morgan fingerprint density at radius 2 is 2.50 bits per heavy atom. The number of amides is 1. The van der Waals surface area contributed by atoms with Gasteiger partial charge in [-0.15, -0.1) is 5.10 Å². The van der Waals surface area contributed by atoms with E-state index in [1.165, 1.54) is 0 Å². The van der Waals surface area contributed by atoms with Crippen LogP contribution in [0.2, 0.25) is 0 Å². The highest BCUT2D eigenvalue weighted by atomic mass is 32.1. The predicted molar refractivity (Wildman–Crippen MR) is 51.2 cm³/mol. The molecule has 1 amide bonds. The van der Waals surface area contributed by atoms with Crippen LogP contribution in [0.25, 0.3) is 0 Å². The van der Waals surface area contributed by atoms with Crippen LogP contribution in [-0.2, 0) is 0 Å². The maximum absolute atomic E-state index is 11.4. The van der Waals surface area contributed by atoms with Crippen molar-refractivity contribution in [3.8, 4) is 0 Å². The minimum absolute atomic E-state index is 0.301. The summed E-state index contributed by atoms with van der Waals surface area (Å²) in [6, 6.07) is 1.73. The van der Waals surface area contributed by atoms with Gasteiger partial charge in [0.1, 0.15) is 0 Å². The van der Waals surface area contributed by atoms with Crippen molar-refractivity contribution < 1.29 is 4.79 Å². The highest BCUT2D eigenvalue weighted by Crippen LogP contribution is 2.06. The molecule has 0 bridgehead atoms. The molecule has 0 atom stereocenters. The molecular weight excluding hydrogens is 202 g/mol. The number of aromatic nitrogens is 4. The lowest BCUT2D eigenvalue weighted by Crippen LogP contribution is -2.12. The first-order valence-corrected chi connectivity index (χ1v) is 4.70. The number of anilines is 1. The molecule has 2 N–H and O–H groups in total. The summed E-state index contributed by atoms with van der Waals surface area (Å²) in [5, 5.41) is 14.4. The Hall–Kier alpha value is -1.76. The maximum atomic E-state index is 11.4. The molecule has 0 saturated heterocycles. The summed E-state index contributed by atoms with van der Waals surface area (Å²) < 4.78 is 3.59. The number of nitrogens with one attached hydrogen (secondary N) is 2. The molecule has 0 radical (unpaired) electrons. The molecular formula is C7H7N5OS. The van der Waals surface area contributed by atoms with Crippen LogP contribution in [0, 0.1) is 6.92 Å². The van der Waals surface area contributed by atoms with Gasteiger partial charge < -0.3 is 5.32 Å². The van der Waals surface area contributed by atoms with Crippen LogP contribution in [0.3, 0.4) is 0 Å². The molecule has 0 saturated carbocycles. The number of hydrogen-bond donors (Lipinski definition) is 2. The molecule has 0 aliphatic carbocycles. The molecule has 2 heterocycles. The Kier molecular flexibility index (Phi) is 2.23. The number of H-pyrrole nitrogens is 1. The van der Waals surface area contributed by atoms with Gasteiger partial charge in [0.05, 0.1) is 0 Å². The Morgan fingerprint density at radius 3 is 3.07 bits per heavy atom. The second-order valence-electron chi connectivity index (χ2n) is 2.68. The number of nitrogens with zero attached hydrogens (tertiary/aromatic N) is 3. The summed E-state index contributed by atoms with van der Waals surface area (Å²) in [4.78, 5) is 11.4. The first kappa shape index (κ1) is 8.82. The quantitative estimate of drug-likeness (QED) is 0.767. The lowest BCUT2D eigenvalue weighted by atomic mass is 10.4. The summed E-state index contributed by atoms with van der Waals surface area (Å²) in [6.07, 6.45) is 0. The standard InChI is InChI=1S/C7H7N5OS/c1-4-2-6(11-9-4)8-7(13)5-3-14-12-10-5/h2-3H,1H3,(H2,8,9,11,13). The smallest absolute Gasteiger partial charge is 0.278 e. The number of carbonyl (C=O) groups excluding carboxylic acids is 1. The van der Waals surface area contributed by atoms with Gasteiger partial charge in [0.2, 0.25) is 0 Å². The lowest BCUT2D eigenvalue weighted by Gasteiger charge is -1.95. The summed E-state index contributed by atoms with van der Waals surface area (Å²) >= 11 is 1.13. The van der Waals surface area contributed by atoms with E-state index in [1.54, 1.807) is 11.4 Å². The predicted octanol–water partition coefficient (Wildman–Crippen LogP) is 0.822. The summed E-state index contributed by atoms with van der Waals surface area (Å²) in [5.74, 6) is 0.186. The van der Waals surface area contributed by atoms with Gasteiger partial charge in [0, 0.05) is 17.1 Å². The van der Waals surface area contributed by atoms with E-state index in [1.807, 2.05) is 6.92 Å². The highest BCUT2D eigenvalue weighted by Gasteiger charge is 2.09. The van der Waals surface area contributed by atoms with Crippen molar-refractivity contribution in [1.82, 2.24) is 19.8 Å². The van der Waals surface area contributed by atoms with E-state index < -0.39 is 0 Å². The molecule has 0 spiro atoms. The van der Waals surface area contributed by atoms with Gasteiger partial charge in [-0.25, -0.2) is 0 Å². The third-order valence-corrected chi connectivity index (χ3v) is 2.04. The summed E-state index contributed by atoms with van der Waals surface area (Å²) in [5.41, 5.74) is 1.19. The van der Waals surface area contributed by atoms with Gasteiger partial charge in [-0.2, -0.15) is 5.10 Å². The van der Waals surface area contributed by atoms with Crippen LogP contribution < -0.4 is 5.32 Å². The summed E-state index contributed by atoms with van der Waals surface area (Å²) in [7, 11) is 0. The van der Waals surface area contributed by atoms with Crippen molar-refractivity contribution in [3.05, 3.63) is 22.8 Å². The average Bonchev–Trinajstić information content (AvgIpc) is 2.75. The van der Waals surface area contributed by atoms with Crippen molar-refractivity contribution in [2.45, 2.75) is 6.92 Å². The van der Waals surface area contributed by atoms with Crippen molar-refractivity contribution in [2.75, 3.05) is 5.32 Å². The average molecular weight is 209 g/mol. The molecule has 72 valence electrons. The van der Waals surface area contributed by atoms with E-state index in [2.05, 4.69) is 25.1 Å². The van der Waals surface area contributed by atoms with Gasteiger partial charge in [-0.1, -0.05) is 4.49 Å². The van der Waals surface area contributed by atoms with Crippen molar-refractivity contribution >= 4 is 23.3 Å². The zero-order valence-electron chi connectivity index (χ0n) is 7.31. The van der Waals surface area contributed by atoms with Crippen molar-refractivity contribution in [2.24, 2.45) is 0 Å². The van der Waals surface area contributed by atoms with E-state index in [9.17, 15) is 4.79 Å². The fourth-order valence-corrected chi connectivity index (χ4v) is 1.36. The Bertz CT molecular complexity index is 435. The number of aryl methyl sites for hydroxylation is 1. The zero-order chi connectivity index (χ0) is 9.97. The normalized spacial score (nSPS) is 10.1. The number of rotatable bonds is 2. The SMILES string of the molecule is Cc1cc(NC(=O)c2csnn2)n[nH]1. The number of aromatic amines is 1. The summed E-state index contributed by atoms with van der Waals surface area (Å²) in [6.45, 7) is 1.85. The molecule has 2 aromatic heterocycles. The van der Waals surface area contributed by atoms with Crippen molar-refractivity contribution in [3.63, 3.8) is 0 Å². The fourth-order valence-electron chi connectivity index (χ4n) is 0.926. The van der Waals surface area contributed by atoms with Gasteiger partial charge in [-0.05, 0) is 18.5 Å². The second-order valence-corrected chi connectivity index (χ2v) is 3.29. The van der Waals surface area contributed by atoms with Crippen LogP contribution in [-0.4, -0.2) is 25.7 Å². The van der Waals surface area contributed by atoms with Crippen LogP contribution >= 0.6 is 11.5 Å². The van der Waals surface area contributed by atoms with Gasteiger partial charge in [0.25, 0.3) is 5.91 Å².